The molecule has 2 aromatic rings. The number of anilines is 1. The van der Waals surface area contributed by atoms with Crippen molar-refractivity contribution in [2.75, 3.05) is 25.1 Å². The molecule has 0 saturated carbocycles. The number of nitrogens with one attached hydrogen (secondary N) is 1. The normalized spacial score (nSPS) is 13.4. The molecule has 0 aliphatic carbocycles. The van der Waals surface area contributed by atoms with E-state index in [1.165, 1.54) is 18.2 Å². The van der Waals surface area contributed by atoms with Gasteiger partial charge in [0.2, 0.25) is 0 Å². The van der Waals surface area contributed by atoms with Gasteiger partial charge >= 0.3 is 12.3 Å². The summed E-state index contributed by atoms with van der Waals surface area (Å²) < 4.78 is 56.1. The fourth-order valence-corrected chi connectivity index (χ4v) is 2.57. The number of fused-ring (bicyclic) bond motifs is 1. The number of carbonyl (C=O) groups is 2. The van der Waals surface area contributed by atoms with Crippen molar-refractivity contribution in [3.05, 3.63) is 54.1 Å². The Hall–Kier alpha value is -3.69. The molecule has 0 fully saturated rings. The molecule has 7 nitrogen and oxygen atoms in total. The minimum atomic E-state index is -4.78. The second kappa shape index (κ2) is 9.88. The average molecular weight is 437 g/mol. The molecular weight excluding hydrogens is 419 g/mol. The molecular formula is C21H18F3NO6. The number of halogens is 3. The third kappa shape index (κ3) is 7.25. The van der Waals surface area contributed by atoms with Crippen molar-refractivity contribution >= 4 is 23.6 Å². The van der Waals surface area contributed by atoms with E-state index in [0.717, 1.165) is 24.6 Å². The fourth-order valence-electron chi connectivity index (χ4n) is 2.57. The molecule has 0 spiro atoms. The highest BCUT2D eigenvalue weighted by molar-refractivity contribution is 5.94. The lowest BCUT2D eigenvalue weighted by molar-refractivity contribution is -0.274. The van der Waals surface area contributed by atoms with Crippen LogP contribution in [-0.4, -0.2) is 38.1 Å². The van der Waals surface area contributed by atoms with Crippen LogP contribution in [0.15, 0.2) is 48.5 Å². The Bertz CT molecular complexity index is 957. The van der Waals surface area contributed by atoms with Gasteiger partial charge in [0.1, 0.15) is 5.75 Å². The van der Waals surface area contributed by atoms with Gasteiger partial charge in [0, 0.05) is 24.3 Å². The Morgan fingerprint density at radius 3 is 2.45 bits per heavy atom. The van der Waals surface area contributed by atoms with Crippen LogP contribution < -0.4 is 19.5 Å². The second-order valence-corrected chi connectivity index (χ2v) is 6.32. The van der Waals surface area contributed by atoms with Gasteiger partial charge in [-0.2, -0.15) is 0 Å². The molecule has 1 amide bonds. The highest BCUT2D eigenvalue weighted by Gasteiger charge is 2.30. The monoisotopic (exact) mass is 437 g/mol. The standard InChI is InChI=1S/C21H18F3NO6/c22-21(23,24)31-16-6-2-14(3-7-16)4-9-20(27)30-13-19(26)25-15-5-8-17-18(12-15)29-11-1-10-28-17/h2-9,12H,1,10-11,13H2,(H,25,26)/b9-4+. The van der Waals surface area contributed by atoms with Gasteiger partial charge in [-0.05, 0) is 35.9 Å². The van der Waals surface area contributed by atoms with E-state index in [-0.39, 0.29) is 5.75 Å². The highest BCUT2D eigenvalue weighted by Crippen LogP contribution is 2.32. The molecule has 1 heterocycles. The smallest absolute Gasteiger partial charge is 0.490 e. The van der Waals surface area contributed by atoms with Crippen molar-refractivity contribution in [2.45, 2.75) is 12.8 Å². The molecule has 0 aromatic heterocycles. The Kier molecular flexibility index (Phi) is 7.01. The number of benzene rings is 2. The summed E-state index contributed by atoms with van der Waals surface area (Å²) in [6.07, 6.45) is -1.63. The summed E-state index contributed by atoms with van der Waals surface area (Å²) >= 11 is 0. The highest BCUT2D eigenvalue weighted by atomic mass is 19.4. The maximum Gasteiger partial charge on any atom is 0.573 e. The van der Waals surface area contributed by atoms with Crippen LogP contribution in [0.3, 0.4) is 0 Å². The molecule has 2 aromatic carbocycles. The number of esters is 1. The van der Waals surface area contributed by atoms with Crippen molar-refractivity contribution in [2.24, 2.45) is 0 Å². The molecule has 0 saturated heterocycles. The van der Waals surface area contributed by atoms with Crippen molar-refractivity contribution in [1.29, 1.82) is 0 Å². The minimum absolute atomic E-state index is 0.376. The first-order valence-electron chi connectivity index (χ1n) is 9.19. The van der Waals surface area contributed by atoms with Crippen molar-refractivity contribution in [3.8, 4) is 17.2 Å². The summed E-state index contributed by atoms with van der Waals surface area (Å²) in [7, 11) is 0. The van der Waals surface area contributed by atoms with Crippen LogP contribution in [0.4, 0.5) is 18.9 Å². The molecule has 164 valence electrons. The predicted molar refractivity (Wildman–Crippen MR) is 104 cm³/mol. The van der Waals surface area contributed by atoms with Gasteiger partial charge in [0.05, 0.1) is 13.2 Å². The molecule has 0 atom stereocenters. The van der Waals surface area contributed by atoms with E-state index < -0.39 is 24.8 Å². The van der Waals surface area contributed by atoms with Gasteiger partial charge in [0.25, 0.3) is 5.91 Å². The van der Waals surface area contributed by atoms with E-state index in [9.17, 15) is 22.8 Å². The Labute approximate surface area is 175 Å². The Balaban J connectivity index is 1.46. The van der Waals surface area contributed by atoms with Crippen molar-refractivity contribution in [3.63, 3.8) is 0 Å². The molecule has 0 unspecified atom stereocenters. The predicted octanol–water partition coefficient (Wildman–Crippen LogP) is 3.94. The summed E-state index contributed by atoms with van der Waals surface area (Å²) in [5.41, 5.74) is 0.908. The van der Waals surface area contributed by atoms with Crippen molar-refractivity contribution < 1.29 is 41.7 Å². The van der Waals surface area contributed by atoms with E-state index in [2.05, 4.69) is 10.1 Å². The van der Waals surface area contributed by atoms with E-state index in [1.807, 2.05) is 0 Å². The van der Waals surface area contributed by atoms with Gasteiger partial charge in [-0.25, -0.2) is 4.79 Å². The maximum atomic E-state index is 12.1. The number of ether oxygens (including phenoxy) is 4. The van der Waals surface area contributed by atoms with Gasteiger partial charge in [0.15, 0.2) is 18.1 Å². The summed E-state index contributed by atoms with van der Waals surface area (Å²) in [5, 5.41) is 2.58. The van der Waals surface area contributed by atoms with Crippen LogP contribution in [0.5, 0.6) is 17.2 Å². The molecule has 1 aliphatic rings. The van der Waals surface area contributed by atoms with Gasteiger partial charge < -0.3 is 24.3 Å². The lowest BCUT2D eigenvalue weighted by atomic mass is 10.2. The number of rotatable bonds is 6. The number of amides is 1. The summed E-state index contributed by atoms with van der Waals surface area (Å²) in [6.45, 7) is 0.538. The van der Waals surface area contributed by atoms with Crippen LogP contribution in [0.1, 0.15) is 12.0 Å². The number of hydrogen-bond acceptors (Lipinski definition) is 6. The zero-order chi connectivity index (χ0) is 22.3. The lowest BCUT2D eigenvalue weighted by Crippen LogP contribution is -2.20. The van der Waals surface area contributed by atoms with Crippen LogP contribution in [-0.2, 0) is 14.3 Å². The van der Waals surface area contributed by atoms with Gasteiger partial charge in [-0.1, -0.05) is 12.1 Å². The molecule has 1 aliphatic heterocycles. The first kappa shape index (κ1) is 22.0. The third-order valence-electron chi connectivity index (χ3n) is 3.90. The zero-order valence-corrected chi connectivity index (χ0v) is 16.1. The topological polar surface area (TPSA) is 83.1 Å². The molecule has 1 N–H and O–H groups in total. The van der Waals surface area contributed by atoms with E-state index in [1.54, 1.807) is 18.2 Å². The number of hydrogen-bond donors (Lipinski definition) is 1. The summed E-state index contributed by atoms with van der Waals surface area (Å²) in [6, 6.07) is 9.83. The Morgan fingerprint density at radius 2 is 1.74 bits per heavy atom. The zero-order valence-electron chi connectivity index (χ0n) is 16.1. The largest absolute Gasteiger partial charge is 0.573 e. The molecule has 31 heavy (non-hydrogen) atoms. The van der Waals surface area contributed by atoms with E-state index in [0.29, 0.717) is 36.0 Å². The van der Waals surface area contributed by atoms with Crippen LogP contribution >= 0.6 is 0 Å². The summed E-state index contributed by atoms with van der Waals surface area (Å²) in [4.78, 5) is 23.7. The van der Waals surface area contributed by atoms with Crippen molar-refractivity contribution in [1.82, 2.24) is 0 Å². The average Bonchev–Trinajstić information content (AvgIpc) is 2.95. The first-order chi connectivity index (χ1) is 14.8. The first-order valence-corrected chi connectivity index (χ1v) is 9.19. The van der Waals surface area contributed by atoms with Gasteiger partial charge in [-0.3, -0.25) is 4.79 Å². The van der Waals surface area contributed by atoms with Crippen LogP contribution in [0.25, 0.3) is 6.08 Å². The minimum Gasteiger partial charge on any atom is -0.490 e. The molecule has 0 radical (unpaired) electrons. The quantitative estimate of drug-likeness (QED) is 0.545. The maximum absolute atomic E-state index is 12.1. The molecule has 3 rings (SSSR count). The summed E-state index contributed by atoms with van der Waals surface area (Å²) in [5.74, 6) is -0.611. The SMILES string of the molecule is O=C(COC(=O)/C=C/c1ccc(OC(F)(F)F)cc1)Nc1ccc2c(c1)OCCCO2. The molecule has 0 bridgehead atoms. The Morgan fingerprint density at radius 1 is 1.03 bits per heavy atom. The molecule has 10 heteroatoms. The number of carbonyl (C=O) groups excluding carboxylic acids is 2. The van der Waals surface area contributed by atoms with Gasteiger partial charge in [-0.15, -0.1) is 13.2 Å². The van der Waals surface area contributed by atoms with Crippen LogP contribution in [0.2, 0.25) is 0 Å². The number of alkyl halides is 3. The van der Waals surface area contributed by atoms with E-state index >= 15 is 0 Å². The van der Waals surface area contributed by atoms with E-state index in [4.69, 9.17) is 14.2 Å². The van der Waals surface area contributed by atoms with Crippen LogP contribution in [0, 0.1) is 0 Å². The fraction of sp³-hybridized carbons (Fsp3) is 0.238. The second-order valence-electron chi connectivity index (χ2n) is 6.32. The lowest BCUT2D eigenvalue weighted by Gasteiger charge is -2.10. The third-order valence-corrected chi connectivity index (χ3v) is 3.90.